The molecule has 4 nitrogen and oxygen atoms in total. The molecule has 1 N–H and O–H groups in total. The van der Waals surface area contributed by atoms with E-state index in [1.165, 1.54) is 26.5 Å². The standard InChI is InChI=1S/C16H30N2O2/c1-5-10-17-16(14(19)20-4)9-7-13(12-16)18-11-6-8-15(18,2)3/h13,17H,5-12H2,1-4H3. The maximum Gasteiger partial charge on any atom is 0.326 e. The minimum Gasteiger partial charge on any atom is -0.468 e. The molecule has 1 saturated carbocycles. The molecule has 4 heteroatoms. The Bertz CT molecular complexity index is 356. The summed E-state index contributed by atoms with van der Waals surface area (Å²) in [6, 6.07) is 0.510. The lowest BCUT2D eigenvalue weighted by atomic mass is 9.95. The van der Waals surface area contributed by atoms with Gasteiger partial charge in [-0.15, -0.1) is 0 Å². The average Bonchev–Trinajstić information content (AvgIpc) is 2.99. The molecule has 0 radical (unpaired) electrons. The van der Waals surface area contributed by atoms with E-state index in [9.17, 15) is 4.79 Å². The van der Waals surface area contributed by atoms with Crippen LogP contribution in [-0.2, 0) is 9.53 Å². The van der Waals surface area contributed by atoms with E-state index in [2.05, 4.69) is 31.0 Å². The summed E-state index contributed by atoms with van der Waals surface area (Å²) in [5.41, 5.74) is -0.171. The van der Waals surface area contributed by atoms with Crippen LogP contribution in [0.15, 0.2) is 0 Å². The SMILES string of the molecule is CCCNC1(C(=O)OC)CCC(N2CCCC2(C)C)C1. The van der Waals surface area contributed by atoms with Crippen molar-refractivity contribution in [3.63, 3.8) is 0 Å². The van der Waals surface area contributed by atoms with E-state index in [0.29, 0.717) is 6.04 Å². The monoisotopic (exact) mass is 282 g/mol. The van der Waals surface area contributed by atoms with Gasteiger partial charge in [0.1, 0.15) is 5.54 Å². The molecule has 0 amide bonds. The second-order valence-corrected chi connectivity index (χ2v) is 7.01. The Morgan fingerprint density at radius 2 is 2.15 bits per heavy atom. The smallest absolute Gasteiger partial charge is 0.326 e. The molecule has 1 saturated heterocycles. The van der Waals surface area contributed by atoms with Crippen LogP contribution in [0.5, 0.6) is 0 Å². The van der Waals surface area contributed by atoms with Crippen molar-refractivity contribution in [3.8, 4) is 0 Å². The largest absolute Gasteiger partial charge is 0.468 e. The van der Waals surface area contributed by atoms with Crippen LogP contribution in [0.2, 0.25) is 0 Å². The molecule has 1 aliphatic heterocycles. The van der Waals surface area contributed by atoms with E-state index >= 15 is 0 Å². The van der Waals surface area contributed by atoms with Crippen molar-refractivity contribution >= 4 is 5.97 Å². The maximum absolute atomic E-state index is 12.3. The Labute approximate surface area is 123 Å². The first kappa shape index (κ1) is 15.8. The topological polar surface area (TPSA) is 41.6 Å². The summed E-state index contributed by atoms with van der Waals surface area (Å²) in [5, 5.41) is 3.48. The van der Waals surface area contributed by atoms with Crippen LogP contribution in [-0.4, -0.2) is 48.2 Å². The Morgan fingerprint density at radius 1 is 1.40 bits per heavy atom. The Kier molecular flexibility index (Phi) is 4.75. The van der Waals surface area contributed by atoms with Gasteiger partial charge in [0.25, 0.3) is 0 Å². The van der Waals surface area contributed by atoms with Crippen molar-refractivity contribution in [2.45, 2.75) is 76.4 Å². The zero-order chi connectivity index (χ0) is 14.8. The molecular weight excluding hydrogens is 252 g/mol. The van der Waals surface area contributed by atoms with Crippen molar-refractivity contribution in [1.29, 1.82) is 0 Å². The van der Waals surface area contributed by atoms with Crippen molar-refractivity contribution in [1.82, 2.24) is 10.2 Å². The number of carbonyl (C=O) groups is 1. The number of hydrogen-bond donors (Lipinski definition) is 1. The number of nitrogens with zero attached hydrogens (tertiary/aromatic N) is 1. The van der Waals surface area contributed by atoms with Gasteiger partial charge >= 0.3 is 5.97 Å². The summed E-state index contributed by atoms with van der Waals surface area (Å²) in [5.74, 6) is -0.0783. The molecule has 0 aromatic rings. The van der Waals surface area contributed by atoms with Gasteiger partial charge < -0.3 is 10.1 Å². The van der Waals surface area contributed by atoms with E-state index in [0.717, 1.165) is 32.2 Å². The van der Waals surface area contributed by atoms with Crippen LogP contribution >= 0.6 is 0 Å². The molecule has 0 spiro atoms. The second-order valence-electron chi connectivity index (χ2n) is 7.01. The van der Waals surface area contributed by atoms with Gasteiger partial charge in [0.15, 0.2) is 0 Å². The van der Waals surface area contributed by atoms with Gasteiger partial charge in [-0.05, 0) is 65.5 Å². The van der Waals surface area contributed by atoms with Crippen LogP contribution < -0.4 is 5.32 Å². The number of carbonyl (C=O) groups excluding carboxylic acids is 1. The van der Waals surface area contributed by atoms with Gasteiger partial charge in [0.2, 0.25) is 0 Å². The highest BCUT2D eigenvalue weighted by molar-refractivity contribution is 5.81. The predicted molar refractivity (Wildman–Crippen MR) is 80.7 cm³/mol. The summed E-state index contributed by atoms with van der Waals surface area (Å²) in [6.07, 6.45) is 6.46. The van der Waals surface area contributed by atoms with Gasteiger partial charge in [-0.1, -0.05) is 6.92 Å². The summed E-state index contributed by atoms with van der Waals surface area (Å²) in [4.78, 5) is 14.9. The second kappa shape index (κ2) is 6.02. The normalized spacial score (nSPS) is 33.5. The molecule has 20 heavy (non-hydrogen) atoms. The molecule has 116 valence electrons. The summed E-state index contributed by atoms with van der Waals surface area (Å²) < 4.78 is 5.08. The zero-order valence-corrected chi connectivity index (χ0v) is 13.5. The van der Waals surface area contributed by atoms with Crippen molar-refractivity contribution in [2.75, 3.05) is 20.2 Å². The fourth-order valence-electron chi connectivity index (χ4n) is 4.07. The average molecular weight is 282 g/mol. The third-order valence-corrected chi connectivity index (χ3v) is 5.18. The highest BCUT2D eigenvalue weighted by Crippen LogP contribution is 2.40. The number of hydrogen-bond acceptors (Lipinski definition) is 4. The molecule has 2 aliphatic rings. The Morgan fingerprint density at radius 3 is 2.70 bits per heavy atom. The molecule has 0 aromatic carbocycles. The van der Waals surface area contributed by atoms with E-state index in [-0.39, 0.29) is 11.5 Å². The molecule has 2 rings (SSSR count). The van der Waals surface area contributed by atoms with Crippen molar-refractivity contribution in [3.05, 3.63) is 0 Å². The van der Waals surface area contributed by atoms with Gasteiger partial charge in [0, 0.05) is 11.6 Å². The lowest BCUT2D eigenvalue weighted by molar-refractivity contribution is -0.148. The highest BCUT2D eigenvalue weighted by atomic mass is 16.5. The highest BCUT2D eigenvalue weighted by Gasteiger charge is 2.50. The molecule has 2 atom stereocenters. The lowest BCUT2D eigenvalue weighted by Crippen LogP contribution is -2.53. The van der Waals surface area contributed by atoms with Gasteiger partial charge in [0.05, 0.1) is 7.11 Å². The number of nitrogens with one attached hydrogen (secondary N) is 1. The van der Waals surface area contributed by atoms with Crippen LogP contribution in [0.3, 0.4) is 0 Å². The van der Waals surface area contributed by atoms with Crippen LogP contribution in [0.4, 0.5) is 0 Å². The zero-order valence-electron chi connectivity index (χ0n) is 13.5. The number of esters is 1. The maximum atomic E-state index is 12.3. The summed E-state index contributed by atoms with van der Waals surface area (Å²) >= 11 is 0. The minimum atomic E-state index is -0.450. The first-order valence-corrected chi connectivity index (χ1v) is 8.05. The Balaban J connectivity index is 2.09. The molecule has 2 unspecified atom stereocenters. The number of ether oxygens (including phenoxy) is 1. The van der Waals surface area contributed by atoms with Crippen LogP contribution in [0.1, 0.15) is 59.3 Å². The fraction of sp³-hybridized carbons (Fsp3) is 0.938. The van der Waals surface area contributed by atoms with E-state index in [4.69, 9.17) is 4.74 Å². The molecule has 1 aliphatic carbocycles. The summed E-state index contributed by atoms with van der Waals surface area (Å²) in [6.45, 7) is 8.84. The van der Waals surface area contributed by atoms with Crippen molar-refractivity contribution in [2.24, 2.45) is 0 Å². The molecule has 0 aromatic heterocycles. The molecule has 2 fully saturated rings. The number of methoxy groups -OCH3 is 1. The molecule has 0 bridgehead atoms. The van der Waals surface area contributed by atoms with Crippen LogP contribution in [0.25, 0.3) is 0 Å². The quantitative estimate of drug-likeness (QED) is 0.786. The van der Waals surface area contributed by atoms with Gasteiger partial charge in [-0.2, -0.15) is 0 Å². The predicted octanol–water partition coefficient (Wildman–Crippen LogP) is 2.32. The Hall–Kier alpha value is -0.610. The number of rotatable bonds is 5. The first-order valence-electron chi connectivity index (χ1n) is 8.05. The van der Waals surface area contributed by atoms with E-state index in [1.54, 1.807) is 0 Å². The van der Waals surface area contributed by atoms with Gasteiger partial charge in [-0.3, -0.25) is 9.69 Å². The minimum absolute atomic E-state index is 0.0783. The van der Waals surface area contributed by atoms with E-state index in [1.807, 2.05) is 0 Å². The lowest BCUT2D eigenvalue weighted by Gasteiger charge is -2.37. The molecular formula is C16H30N2O2. The first-order chi connectivity index (χ1) is 9.45. The van der Waals surface area contributed by atoms with Gasteiger partial charge in [-0.25, -0.2) is 0 Å². The summed E-state index contributed by atoms with van der Waals surface area (Å²) in [7, 11) is 1.50. The fourth-order valence-corrected chi connectivity index (χ4v) is 4.07. The molecule has 1 heterocycles. The third-order valence-electron chi connectivity index (χ3n) is 5.18. The number of likely N-dealkylation sites (tertiary alicyclic amines) is 1. The van der Waals surface area contributed by atoms with E-state index < -0.39 is 5.54 Å². The third kappa shape index (κ3) is 2.86. The van der Waals surface area contributed by atoms with Crippen molar-refractivity contribution < 1.29 is 9.53 Å². The van der Waals surface area contributed by atoms with Crippen LogP contribution in [0, 0.1) is 0 Å².